The molecule has 7 heteroatoms. The van der Waals surface area contributed by atoms with Gasteiger partial charge >= 0.3 is 6.03 Å². The standard InChI is InChI=1S/C15H22FN3O3/c16-10-1-3-11(4-2-10)18-15(21)19-13-6-5-12(7-8-17)22-14(13)9-20/h1-4,12-14,20H,5-9,17H2,(H2,18,19,21)/t12-,13-,14-/m0/s1. The van der Waals surface area contributed by atoms with E-state index in [0.717, 1.165) is 12.8 Å². The molecule has 5 N–H and O–H groups in total. The molecule has 1 aliphatic heterocycles. The molecule has 122 valence electrons. The van der Waals surface area contributed by atoms with E-state index in [0.29, 0.717) is 18.7 Å². The van der Waals surface area contributed by atoms with Gasteiger partial charge < -0.3 is 26.2 Å². The quantitative estimate of drug-likeness (QED) is 0.657. The van der Waals surface area contributed by atoms with Crippen LogP contribution in [0.15, 0.2) is 24.3 Å². The molecule has 1 aliphatic rings. The van der Waals surface area contributed by atoms with Crippen molar-refractivity contribution in [2.45, 2.75) is 37.5 Å². The topological polar surface area (TPSA) is 96.6 Å². The molecule has 22 heavy (non-hydrogen) atoms. The predicted molar refractivity (Wildman–Crippen MR) is 81.0 cm³/mol. The van der Waals surface area contributed by atoms with Crippen LogP contribution in [0.4, 0.5) is 14.9 Å². The third-order valence-electron chi connectivity index (χ3n) is 3.70. The van der Waals surface area contributed by atoms with Gasteiger partial charge in [-0.1, -0.05) is 0 Å². The van der Waals surface area contributed by atoms with Gasteiger partial charge in [-0.2, -0.15) is 0 Å². The maximum atomic E-state index is 12.8. The lowest BCUT2D eigenvalue weighted by molar-refractivity contribution is -0.0881. The van der Waals surface area contributed by atoms with E-state index in [1.807, 2.05) is 0 Å². The summed E-state index contributed by atoms with van der Waals surface area (Å²) in [4.78, 5) is 12.0. The van der Waals surface area contributed by atoms with Gasteiger partial charge in [0, 0.05) is 5.69 Å². The monoisotopic (exact) mass is 311 g/mol. The second-order valence-electron chi connectivity index (χ2n) is 5.35. The van der Waals surface area contributed by atoms with E-state index < -0.39 is 12.1 Å². The molecule has 3 atom stereocenters. The molecule has 0 unspecified atom stereocenters. The lowest BCUT2D eigenvalue weighted by Crippen LogP contribution is -2.52. The highest BCUT2D eigenvalue weighted by molar-refractivity contribution is 5.89. The van der Waals surface area contributed by atoms with Crippen LogP contribution in [-0.4, -0.2) is 42.5 Å². The number of carbonyl (C=O) groups is 1. The number of nitrogens with one attached hydrogen (secondary N) is 2. The van der Waals surface area contributed by atoms with E-state index in [4.69, 9.17) is 10.5 Å². The van der Waals surface area contributed by atoms with Crippen LogP contribution in [0.25, 0.3) is 0 Å². The van der Waals surface area contributed by atoms with Crippen LogP contribution in [0.1, 0.15) is 19.3 Å². The van der Waals surface area contributed by atoms with Crippen molar-refractivity contribution in [3.05, 3.63) is 30.1 Å². The molecule has 6 nitrogen and oxygen atoms in total. The number of ether oxygens (including phenoxy) is 1. The average molecular weight is 311 g/mol. The molecule has 1 aromatic carbocycles. The number of carbonyl (C=O) groups excluding carboxylic acids is 1. The molecule has 0 radical (unpaired) electrons. The number of anilines is 1. The Hall–Kier alpha value is -1.70. The lowest BCUT2D eigenvalue weighted by atomic mass is 9.97. The SMILES string of the molecule is NCC[C@@H]1CC[C@H](NC(=O)Nc2ccc(F)cc2)[C@H](CO)O1. The smallest absolute Gasteiger partial charge is 0.319 e. The first-order chi connectivity index (χ1) is 10.6. The van der Waals surface area contributed by atoms with Crippen molar-refractivity contribution < 1.29 is 19.0 Å². The van der Waals surface area contributed by atoms with Gasteiger partial charge in [-0.25, -0.2) is 9.18 Å². The van der Waals surface area contributed by atoms with Crippen molar-refractivity contribution in [3.63, 3.8) is 0 Å². The van der Waals surface area contributed by atoms with Crippen molar-refractivity contribution in [3.8, 4) is 0 Å². The number of hydrogen-bond donors (Lipinski definition) is 4. The first kappa shape index (κ1) is 16.7. The second kappa shape index (κ2) is 8.07. The summed E-state index contributed by atoms with van der Waals surface area (Å²) in [6, 6.07) is 4.83. The van der Waals surface area contributed by atoms with Gasteiger partial charge in [0.2, 0.25) is 0 Å². The van der Waals surface area contributed by atoms with E-state index >= 15 is 0 Å². The molecule has 2 rings (SSSR count). The van der Waals surface area contributed by atoms with Gasteiger partial charge in [-0.3, -0.25) is 0 Å². The fraction of sp³-hybridized carbons (Fsp3) is 0.533. The Balaban J connectivity index is 1.86. The molecule has 0 aliphatic carbocycles. The number of amides is 2. The Kier molecular flexibility index (Phi) is 6.11. The minimum absolute atomic E-state index is 0.0281. The molecule has 1 saturated heterocycles. The first-order valence-electron chi connectivity index (χ1n) is 7.42. The summed E-state index contributed by atoms with van der Waals surface area (Å²) in [6.07, 6.45) is 1.83. The van der Waals surface area contributed by atoms with Gasteiger partial charge in [0.05, 0.1) is 18.8 Å². The molecule has 2 amide bonds. The van der Waals surface area contributed by atoms with Crippen molar-refractivity contribution in [1.82, 2.24) is 5.32 Å². The summed E-state index contributed by atoms with van der Waals surface area (Å²) < 4.78 is 18.5. The van der Waals surface area contributed by atoms with E-state index in [1.165, 1.54) is 24.3 Å². The molecule has 1 heterocycles. The van der Waals surface area contributed by atoms with Gasteiger partial charge in [0.1, 0.15) is 11.9 Å². The van der Waals surface area contributed by atoms with E-state index in [2.05, 4.69) is 10.6 Å². The van der Waals surface area contributed by atoms with Crippen molar-refractivity contribution in [1.29, 1.82) is 0 Å². The molecule has 0 spiro atoms. The molecule has 0 aromatic heterocycles. The summed E-state index contributed by atoms with van der Waals surface area (Å²) in [5, 5.41) is 14.8. The summed E-state index contributed by atoms with van der Waals surface area (Å²) in [7, 11) is 0. The Labute approximate surface area is 128 Å². The van der Waals surface area contributed by atoms with Gasteiger partial charge in [-0.15, -0.1) is 0 Å². The largest absolute Gasteiger partial charge is 0.394 e. The minimum Gasteiger partial charge on any atom is -0.394 e. The molecule has 1 fully saturated rings. The number of nitrogens with two attached hydrogens (primary N) is 1. The first-order valence-corrected chi connectivity index (χ1v) is 7.42. The highest BCUT2D eigenvalue weighted by Crippen LogP contribution is 2.21. The van der Waals surface area contributed by atoms with E-state index in [-0.39, 0.29) is 24.6 Å². The summed E-state index contributed by atoms with van der Waals surface area (Å²) in [6.45, 7) is 0.370. The van der Waals surface area contributed by atoms with E-state index in [1.54, 1.807) is 0 Å². The van der Waals surface area contributed by atoms with Crippen LogP contribution < -0.4 is 16.4 Å². The third-order valence-corrected chi connectivity index (χ3v) is 3.70. The fourth-order valence-corrected chi connectivity index (χ4v) is 2.56. The Bertz CT molecular complexity index is 483. The predicted octanol–water partition coefficient (Wildman–Crippen LogP) is 1.20. The third kappa shape index (κ3) is 4.66. The second-order valence-corrected chi connectivity index (χ2v) is 5.35. The van der Waals surface area contributed by atoms with Crippen LogP contribution >= 0.6 is 0 Å². The number of hydrogen-bond acceptors (Lipinski definition) is 4. The van der Waals surface area contributed by atoms with Gasteiger partial charge in [-0.05, 0) is 50.1 Å². The zero-order chi connectivity index (χ0) is 15.9. The van der Waals surface area contributed by atoms with Crippen LogP contribution in [0.5, 0.6) is 0 Å². The number of halogens is 1. The van der Waals surface area contributed by atoms with Crippen LogP contribution in [-0.2, 0) is 4.74 Å². The Morgan fingerprint density at radius 2 is 2.09 bits per heavy atom. The van der Waals surface area contributed by atoms with Crippen molar-refractivity contribution in [2.75, 3.05) is 18.5 Å². The average Bonchev–Trinajstić information content (AvgIpc) is 2.51. The molecular weight excluding hydrogens is 289 g/mol. The molecule has 0 bridgehead atoms. The lowest BCUT2D eigenvalue weighted by Gasteiger charge is -2.36. The zero-order valence-electron chi connectivity index (χ0n) is 12.3. The highest BCUT2D eigenvalue weighted by atomic mass is 19.1. The van der Waals surface area contributed by atoms with Gasteiger partial charge in [0.25, 0.3) is 0 Å². The van der Waals surface area contributed by atoms with Crippen LogP contribution in [0, 0.1) is 5.82 Å². The number of benzene rings is 1. The van der Waals surface area contributed by atoms with Gasteiger partial charge in [0.15, 0.2) is 0 Å². The number of aliphatic hydroxyl groups excluding tert-OH is 1. The summed E-state index contributed by atoms with van der Waals surface area (Å²) in [5.41, 5.74) is 6.01. The Morgan fingerprint density at radius 3 is 2.73 bits per heavy atom. The minimum atomic E-state index is -0.440. The highest BCUT2D eigenvalue weighted by Gasteiger charge is 2.31. The zero-order valence-corrected chi connectivity index (χ0v) is 12.3. The number of aliphatic hydroxyl groups is 1. The van der Waals surface area contributed by atoms with E-state index in [9.17, 15) is 14.3 Å². The molecular formula is C15H22FN3O3. The van der Waals surface area contributed by atoms with Crippen LogP contribution in [0.3, 0.4) is 0 Å². The summed E-state index contributed by atoms with van der Waals surface area (Å²) >= 11 is 0. The van der Waals surface area contributed by atoms with Crippen molar-refractivity contribution in [2.24, 2.45) is 5.73 Å². The fourth-order valence-electron chi connectivity index (χ4n) is 2.56. The van der Waals surface area contributed by atoms with Crippen LogP contribution in [0.2, 0.25) is 0 Å². The normalized spacial score (nSPS) is 24.8. The Morgan fingerprint density at radius 1 is 1.36 bits per heavy atom. The maximum Gasteiger partial charge on any atom is 0.319 e. The number of urea groups is 1. The number of rotatable bonds is 5. The van der Waals surface area contributed by atoms with Crippen molar-refractivity contribution >= 4 is 11.7 Å². The maximum absolute atomic E-state index is 12.8. The molecule has 1 aromatic rings. The summed E-state index contributed by atoms with van der Waals surface area (Å²) in [5.74, 6) is -0.363. The molecule has 0 saturated carbocycles.